The minimum Gasteiger partial charge on any atom is -0.161 e. The summed E-state index contributed by atoms with van der Waals surface area (Å²) in [6.45, 7) is 2.28. The van der Waals surface area contributed by atoms with E-state index in [9.17, 15) is 4.57 Å². The van der Waals surface area contributed by atoms with Gasteiger partial charge in [-0.05, 0) is 17.4 Å². The molecule has 0 aromatic carbocycles. The van der Waals surface area contributed by atoms with E-state index in [-0.39, 0.29) is 16.8 Å². The number of unbranched alkanes of at least 4 members (excludes halogenated alkanes) is 15. The Morgan fingerprint density at radius 2 is 0.864 bits per heavy atom. The molecule has 0 heterocycles. The van der Waals surface area contributed by atoms with Gasteiger partial charge in [0.05, 0.1) is 0 Å². The molecule has 0 rings (SSSR count). The van der Waals surface area contributed by atoms with Crippen LogP contribution in [0.15, 0.2) is 0 Å². The van der Waals surface area contributed by atoms with Gasteiger partial charge in [-0.25, -0.2) is 0 Å². The zero-order valence-corrected chi connectivity index (χ0v) is 16.6. The molecule has 1 radical (unpaired) electrons. The first-order valence-corrected chi connectivity index (χ1v) is 10.8. The third kappa shape index (κ3) is 22.8. The van der Waals surface area contributed by atoms with Crippen molar-refractivity contribution in [2.24, 2.45) is 0 Å². The van der Waals surface area contributed by atoms with E-state index in [1.165, 1.54) is 89.9 Å². The van der Waals surface area contributed by atoms with Gasteiger partial charge in [0.15, 0.2) is 6.16 Å². The summed E-state index contributed by atoms with van der Waals surface area (Å²) in [5.41, 5.74) is 0. The Balaban J connectivity index is 0. The van der Waals surface area contributed by atoms with Gasteiger partial charge in [-0.2, -0.15) is 4.89 Å². The molecule has 22 heavy (non-hydrogen) atoms. The first-order valence-electron chi connectivity index (χ1n) is 9.41. The summed E-state index contributed by atoms with van der Waals surface area (Å²) in [6.07, 6.45) is 22.0. The number of rotatable bonds is 17. The van der Waals surface area contributed by atoms with Gasteiger partial charge in [-0.15, -0.1) is 0 Å². The first-order chi connectivity index (χ1) is 10.3. The summed E-state index contributed by atoms with van der Waals surface area (Å²) in [7, 11) is -1.89. The summed E-state index contributed by atoms with van der Waals surface area (Å²) in [4.78, 5) is 8.68. The van der Waals surface area contributed by atoms with Gasteiger partial charge in [0.2, 0.25) is 0 Å². The second-order valence-electron chi connectivity index (χ2n) is 6.38. The standard InChI is InChI=1S/C18H37O2P.Co/c1-2-3-4-5-6-7-8-9-10-11-12-13-14-15-16-17-18-21(19)20;/h2-18H2,1H3;/p+1. The summed E-state index contributed by atoms with van der Waals surface area (Å²) in [5, 5.41) is 0. The van der Waals surface area contributed by atoms with Crippen LogP contribution in [0.2, 0.25) is 0 Å². The third-order valence-corrected chi connectivity index (χ3v) is 4.90. The van der Waals surface area contributed by atoms with Gasteiger partial charge >= 0.3 is 8.03 Å². The van der Waals surface area contributed by atoms with Crippen LogP contribution in [0.3, 0.4) is 0 Å². The maximum atomic E-state index is 10.5. The van der Waals surface area contributed by atoms with Crippen molar-refractivity contribution < 1.29 is 26.2 Å². The summed E-state index contributed by atoms with van der Waals surface area (Å²) < 4.78 is 10.5. The van der Waals surface area contributed by atoms with Crippen LogP contribution in [-0.2, 0) is 21.3 Å². The molecule has 2 nitrogen and oxygen atoms in total. The average Bonchev–Trinajstić information content (AvgIpc) is 2.46. The molecule has 0 fully saturated rings. The summed E-state index contributed by atoms with van der Waals surface area (Å²) in [6, 6.07) is 0. The Labute approximate surface area is 150 Å². The monoisotopic (exact) mass is 376 g/mol. The fourth-order valence-corrected chi connectivity index (χ4v) is 3.29. The van der Waals surface area contributed by atoms with Crippen molar-refractivity contribution >= 4 is 8.03 Å². The van der Waals surface area contributed by atoms with E-state index in [1.54, 1.807) is 0 Å². The van der Waals surface area contributed by atoms with Crippen molar-refractivity contribution in [2.75, 3.05) is 6.16 Å². The van der Waals surface area contributed by atoms with Crippen molar-refractivity contribution in [2.45, 2.75) is 110 Å². The van der Waals surface area contributed by atoms with Crippen molar-refractivity contribution in [3.63, 3.8) is 0 Å². The van der Waals surface area contributed by atoms with E-state index < -0.39 is 8.03 Å². The van der Waals surface area contributed by atoms with Crippen LogP contribution < -0.4 is 0 Å². The summed E-state index contributed by atoms with van der Waals surface area (Å²) >= 11 is 0. The minimum atomic E-state index is -1.89. The van der Waals surface area contributed by atoms with Gasteiger partial charge in [0.25, 0.3) is 0 Å². The van der Waals surface area contributed by atoms with Crippen molar-refractivity contribution in [1.82, 2.24) is 0 Å². The molecule has 135 valence electrons. The molecule has 1 unspecified atom stereocenters. The molecular formula is C18H38CoO2P+. The Bertz CT molecular complexity index is 225. The van der Waals surface area contributed by atoms with E-state index in [2.05, 4.69) is 6.92 Å². The molecule has 0 bridgehead atoms. The van der Waals surface area contributed by atoms with E-state index in [0.717, 1.165) is 12.8 Å². The maximum Gasteiger partial charge on any atom is 0.505 e. The number of hydrogen-bond donors (Lipinski definition) is 1. The van der Waals surface area contributed by atoms with Crippen molar-refractivity contribution in [1.29, 1.82) is 0 Å². The van der Waals surface area contributed by atoms with Crippen molar-refractivity contribution in [3.8, 4) is 0 Å². The van der Waals surface area contributed by atoms with Crippen LogP contribution in [-0.4, -0.2) is 11.1 Å². The second-order valence-corrected chi connectivity index (χ2v) is 7.53. The molecule has 0 aliphatic rings. The molecule has 0 aromatic heterocycles. The molecule has 1 N–H and O–H groups in total. The van der Waals surface area contributed by atoms with Crippen LogP contribution in [0.5, 0.6) is 0 Å². The first kappa shape index (κ1) is 24.8. The minimum absolute atomic E-state index is 0. The molecule has 0 spiro atoms. The van der Waals surface area contributed by atoms with Gasteiger partial charge in [-0.3, -0.25) is 0 Å². The van der Waals surface area contributed by atoms with Gasteiger partial charge in [0, 0.05) is 16.8 Å². The number of hydrogen-bond acceptors (Lipinski definition) is 1. The molecule has 0 saturated heterocycles. The Morgan fingerprint density at radius 3 is 1.14 bits per heavy atom. The predicted molar refractivity (Wildman–Crippen MR) is 94.2 cm³/mol. The van der Waals surface area contributed by atoms with E-state index >= 15 is 0 Å². The quantitative estimate of drug-likeness (QED) is 0.220. The van der Waals surface area contributed by atoms with Crippen LogP contribution in [0.25, 0.3) is 0 Å². The predicted octanol–water partition coefficient (Wildman–Crippen LogP) is 6.98. The van der Waals surface area contributed by atoms with Gasteiger partial charge in [-0.1, -0.05) is 96.8 Å². The van der Waals surface area contributed by atoms with E-state index in [1.807, 2.05) is 0 Å². The second kappa shape index (κ2) is 21.6. The Morgan fingerprint density at radius 1 is 0.591 bits per heavy atom. The topological polar surface area (TPSA) is 37.3 Å². The van der Waals surface area contributed by atoms with Crippen LogP contribution in [0.1, 0.15) is 110 Å². The Kier molecular flexibility index (Phi) is 24.3. The van der Waals surface area contributed by atoms with E-state index in [4.69, 9.17) is 4.89 Å². The third-order valence-electron chi connectivity index (χ3n) is 4.20. The molecule has 4 heteroatoms. The maximum absolute atomic E-state index is 10.5. The molecule has 0 aliphatic heterocycles. The Hall–Kier alpha value is 0.566. The van der Waals surface area contributed by atoms with Gasteiger partial charge in [0.1, 0.15) is 0 Å². The van der Waals surface area contributed by atoms with Crippen molar-refractivity contribution in [3.05, 3.63) is 0 Å². The van der Waals surface area contributed by atoms with Crippen LogP contribution >= 0.6 is 8.03 Å². The summed E-state index contributed by atoms with van der Waals surface area (Å²) in [5.74, 6) is 0. The fourth-order valence-electron chi connectivity index (χ4n) is 2.80. The fraction of sp³-hybridized carbons (Fsp3) is 1.00. The smallest absolute Gasteiger partial charge is 0.161 e. The molecular weight excluding hydrogens is 338 g/mol. The molecule has 0 amide bonds. The molecule has 0 aromatic rings. The van der Waals surface area contributed by atoms with Crippen LogP contribution in [0, 0.1) is 0 Å². The van der Waals surface area contributed by atoms with E-state index in [0.29, 0.717) is 6.16 Å². The largest absolute Gasteiger partial charge is 0.505 e. The zero-order chi connectivity index (χ0) is 15.6. The van der Waals surface area contributed by atoms with Crippen LogP contribution in [0.4, 0.5) is 0 Å². The average molecular weight is 376 g/mol. The molecule has 1 atom stereocenters. The molecule has 0 aliphatic carbocycles. The SMILES string of the molecule is CCCCCCCCCCCCCCCCCC[P+](=O)O.[Co]. The van der Waals surface area contributed by atoms with Gasteiger partial charge < -0.3 is 0 Å². The molecule has 0 saturated carbocycles. The zero-order valence-electron chi connectivity index (χ0n) is 14.7. The normalized spacial score (nSPS) is 11.3.